The molecular formula is C9H15N3O. The molecule has 0 spiro atoms. The van der Waals surface area contributed by atoms with Crippen LogP contribution in [0.5, 0.6) is 0 Å². The Morgan fingerprint density at radius 2 is 2.69 bits per heavy atom. The number of hydrogen-bond acceptors (Lipinski definition) is 3. The normalized spacial score (nSPS) is 22.3. The molecule has 1 aromatic rings. The highest BCUT2D eigenvalue weighted by Gasteiger charge is 2.13. The van der Waals surface area contributed by atoms with Crippen molar-refractivity contribution in [2.45, 2.75) is 18.9 Å². The first-order valence-corrected chi connectivity index (χ1v) is 4.74. The summed E-state index contributed by atoms with van der Waals surface area (Å²) in [5.74, 6) is 1.05. The van der Waals surface area contributed by atoms with Crippen LogP contribution in [-0.4, -0.2) is 35.8 Å². The quantitative estimate of drug-likeness (QED) is 0.703. The molecule has 2 rings (SSSR count). The van der Waals surface area contributed by atoms with E-state index in [9.17, 15) is 0 Å². The third kappa shape index (κ3) is 2.54. The van der Waals surface area contributed by atoms with Crippen LogP contribution in [0.3, 0.4) is 0 Å². The third-order valence-corrected chi connectivity index (χ3v) is 2.28. The van der Waals surface area contributed by atoms with Crippen molar-refractivity contribution >= 4 is 0 Å². The molecule has 0 aliphatic carbocycles. The second kappa shape index (κ2) is 4.39. The van der Waals surface area contributed by atoms with Gasteiger partial charge in [0.25, 0.3) is 0 Å². The van der Waals surface area contributed by atoms with Gasteiger partial charge in [-0.2, -0.15) is 0 Å². The number of H-pyrrole nitrogens is 1. The van der Waals surface area contributed by atoms with E-state index in [2.05, 4.69) is 15.3 Å². The Kier molecular flexibility index (Phi) is 2.94. The fourth-order valence-electron chi connectivity index (χ4n) is 1.52. The topological polar surface area (TPSA) is 49.9 Å². The van der Waals surface area contributed by atoms with Crippen LogP contribution in [0.1, 0.15) is 12.2 Å². The molecule has 1 fully saturated rings. The smallest absolute Gasteiger partial charge is 0.107 e. The van der Waals surface area contributed by atoms with Gasteiger partial charge >= 0.3 is 0 Å². The van der Waals surface area contributed by atoms with Gasteiger partial charge in [-0.3, -0.25) is 0 Å². The van der Waals surface area contributed by atoms with Crippen LogP contribution in [0.15, 0.2) is 12.4 Å². The van der Waals surface area contributed by atoms with E-state index in [1.807, 2.05) is 6.20 Å². The van der Waals surface area contributed by atoms with E-state index in [1.165, 1.54) is 0 Å². The molecular weight excluding hydrogens is 166 g/mol. The fourth-order valence-corrected chi connectivity index (χ4v) is 1.52. The Balaban J connectivity index is 1.63. The van der Waals surface area contributed by atoms with Crippen LogP contribution in [0, 0.1) is 0 Å². The number of nitrogens with one attached hydrogen (secondary N) is 2. The van der Waals surface area contributed by atoms with E-state index < -0.39 is 0 Å². The van der Waals surface area contributed by atoms with Gasteiger partial charge in [0.2, 0.25) is 0 Å². The van der Waals surface area contributed by atoms with Crippen LogP contribution < -0.4 is 5.32 Å². The summed E-state index contributed by atoms with van der Waals surface area (Å²) in [5, 5.41) is 3.43. The predicted octanol–water partition coefficient (Wildman–Crippen LogP) is 0.331. The van der Waals surface area contributed by atoms with E-state index in [0.717, 1.165) is 38.4 Å². The Morgan fingerprint density at radius 1 is 1.69 bits per heavy atom. The minimum absolute atomic E-state index is 0.551. The number of imidazole rings is 1. The Hall–Kier alpha value is -0.870. The molecule has 1 unspecified atom stereocenters. The third-order valence-electron chi connectivity index (χ3n) is 2.28. The van der Waals surface area contributed by atoms with Gasteiger partial charge in [-0.25, -0.2) is 4.98 Å². The summed E-state index contributed by atoms with van der Waals surface area (Å²) in [4.78, 5) is 7.23. The number of aromatic amines is 1. The zero-order valence-corrected chi connectivity index (χ0v) is 7.62. The second-order valence-electron chi connectivity index (χ2n) is 3.30. The van der Waals surface area contributed by atoms with Gasteiger partial charge in [-0.1, -0.05) is 0 Å². The lowest BCUT2D eigenvalue weighted by Gasteiger charge is -2.08. The highest BCUT2D eigenvalue weighted by molar-refractivity contribution is 4.87. The Labute approximate surface area is 77.7 Å². The minimum atomic E-state index is 0.551. The molecule has 0 bridgehead atoms. The monoisotopic (exact) mass is 181 g/mol. The lowest BCUT2D eigenvalue weighted by atomic mass is 10.2. The van der Waals surface area contributed by atoms with Crippen LogP contribution in [0.25, 0.3) is 0 Å². The second-order valence-corrected chi connectivity index (χ2v) is 3.30. The van der Waals surface area contributed by atoms with Crippen molar-refractivity contribution in [3.8, 4) is 0 Å². The number of ether oxygens (including phenoxy) is 1. The number of nitrogens with zero attached hydrogens (tertiary/aromatic N) is 1. The SMILES string of the molecule is c1c[nH]c(CCNC2CCOC2)n1. The molecule has 1 saturated heterocycles. The summed E-state index contributed by atoms with van der Waals surface area (Å²) < 4.78 is 5.26. The summed E-state index contributed by atoms with van der Waals surface area (Å²) in [7, 11) is 0. The van der Waals surface area contributed by atoms with Gasteiger partial charge in [0.1, 0.15) is 5.82 Å². The molecule has 4 heteroatoms. The Bertz CT molecular complexity index is 229. The maximum absolute atomic E-state index is 5.26. The molecule has 2 heterocycles. The van der Waals surface area contributed by atoms with E-state index >= 15 is 0 Å². The van der Waals surface area contributed by atoms with Gasteiger partial charge in [0, 0.05) is 38.0 Å². The van der Waals surface area contributed by atoms with E-state index in [1.54, 1.807) is 6.20 Å². The molecule has 13 heavy (non-hydrogen) atoms. The number of hydrogen-bond donors (Lipinski definition) is 2. The highest BCUT2D eigenvalue weighted by Crippen LogP contribution is 2.02. The lowest BCUT2D eigenvalue weighted by molar-refractivity contribution is 0.190. The first-order valence-electron chi connectivity index (χ1n) is 4.74. The van der Waals surface area contributed by atoms with Gasteiger partial charge in [-0.15, -0.1) is 0 Å². The van der Waals surface area contributed by atoms with Crippen molar-refractivity contribution in [1.29, 1.82) is 0 Å². The highest BCUT2D eigenvalue weighted by atomic mass is 16.5. The van der Waals surface area contributed by atoms with E-state index in [-0.39, 0.29) is 0 Å². The van der Waals surface area contributed by atoms with Crippen molar-refractivity contribution in [2.24, 2.45) is 0 Å². The maximum atomic E-state index is 5.26. The first-order chi connectivity index (χ1) is 6.45. The van der Waals surface area contributed by atoms with Crippen molar-refractivity contribution in [2.75, 3.05) is 19.8 Å². The molecule has 1 aromatic heterocycles. The largest absolute Gasteiger partial charge is 0.380 e. The van der Waals surface area contributed by atoms with Crippen LogP contribution >= 0.6 is 0 Å². The molecule has 0 radical (unpaired) electrons. The number of aromatic nitrogens is 2. The summed E-state index contributed by atoms with van der Waals surface area (Å²) in [6, 6.07) is 0.551. The van der Waals surface area contributed by atoms with Crippen molar-refractivity contribution in [1.82, 2.24) is 15.3 Å². The zero-order chi connectivity index (χ0) is 8.93. The average Bonchev–Trinajstić information content (AvgIpc) is 2.75. The summed E-state index contributed by atoms with van der Waals surface area (Å²) in [6.45, 7) is 2.73. The first kappa shape index (κ1) is 8.72. The Morgan fingerprint density at radius 3 is 3.38 bits per heavy atom. The molecule has 0 saturated carbocycles. The molecule has 1 aliphatic heterocycles. The maximum Gasteiger partial charge on any atom is 0.107 e. The van der Waals surface area contributed by atoms with Crippen LogP contribution in [0.2, 0.25) is 0 Å². The average molecular weight is 181 g/mol. The zero-order valence-electron chi connectivity index (χ0n) is 7.62. The van der Waals surface area contributed by atoms with Crippen molar-refractivity contribution < 1.29 is 4.74 Å². The fraction of sp³-hybridized carbons (Fsp3) is 0.667. The van der Waals surface area contributed by atoms with Gasteiger partial charge < -0.3 is 15.0 Å². The van der Waals surface area contributed by atoms with Crippen LogP contribution in [0.4, 0.5) is 0 Å². The summed E-state index contributed by atoms with van der Waals surface area (Å²) >= 11 is 0. The van der Waals surface area contributed by atoms with Gasteiger partial charge in [0.15, 0.2) is 0 Å². The molecule has 0 aromatic carbocycles. The van der Waals surface area contributed by atoms with Gasteiger partial charge in [-0.05, 0) is 6.42 Å². The summed E-state index contributed by atoms with van der Waals surface area (Å²) in [6.07, 6.45) is 5.74. The number of rotatable bonds is 4. The molecule has 72 valence electrons. The van der Waals surface area contributed by atoms with E-state index in [0.29, 0.717) is 6.04 Å². The predicted molar refractivity (Wildman–Crippen MR) is 49.5 cm³/mol. The van der Waals surface area contributed by atoms with Crippen molar-refractivity contribution in [3.05, 3.63) is 18.2 Å². The lowest BCUT2D eigenvalue weighted by Crippen LogP contribution is -2.31. The van der Waals surface area contributed by atoms with Gasteiger partial charge in [0.05, 0.1) is 6.61 Å². The standard InChI is InChI=1S/C9H15N3O/c1(9-11-4-5-12-9)3-10-8-2-6-13-7-8/h4-5,8,10H,1-3,6-7H2,(H,11,12). The van der Waals surface area contributed by atoms with Crippen LogP contribution in [-0.2, 0) is 11.2 Å². The molecule has 1 aliphatic rings. The van der Waals surface area contributed by atoms with E-state index in [4.69, 9.17) is 4.74 Å². The molecule has 0 amide bonds. The molecule has 4 nitrogen and oxygen atoms in total. The van der Waals surface area contributed by atoms with Crippen molar-refractivity contribution in [3.63, 3.8) is 0 Å². The molecule has 1 atom stereocenters. The molecule has 2 N–H and O–H groups in total. The minimum Gasteiger partial charge on any atom is -0.380 e. The summed E-state index contributed by atoms with van der Waals surface area (Å²) in [5.41, 5.74) is 0.